The summed E-state index contributed by atoms with van der Waals surface area (Å²) in [6.45, 7) is -0.998. The van der Waals surface area contributed by atoms with E-state index in [1.54, 1.807) is 30.3 Å². The van der Waals surface area contributed by atoms with E-state index < -0.39 is 61.2 Å². The van der Waals surface area contributed by atoms with Crippen molar-refractivity contribution in [2.75, 3.05) is 6.54 Å². The van der Waals surface area contributed by atoms with E-state index in [1.807, 2.05) is 0 Å². The molecule has 2 aromatic rings. The van der Waals surface area contributed by atoms with Gasteiger partial charge in [-0.15, -0.1) is 0 Å². The summed E-state index contributed by atoms with van der Waals surface area (Å²) in [5, 5.41) is 0. The molecule has 1 aromatic carbocycles. The number of halogens is 6. The summed E-state index contributed by atoms with van der Waals surface area (Å²) in [4.78, 5) is 16.9. The largest absolute Gasteiger partial charge is 0.534 e. The monoisotopic (exact) mass is 564 g/mol. The molecule has 36 heavy (non-hydrogen) atoms. The van der Waals surface area contributed by atoms with Crippen LogP contribution in [0.5, 0.6) is 11.6 Å². The number of carbonyl (C=O) groups excluding carboxylic acids is 1. The van der Waals surface area contributed by atoms with Crippen molar-refractivity contribution in [2.45, 2.75) is 30.6 Å². The number of hydrogen-bond donors (Lipinski definition) is 0. The van der Waals surface area contributed by atoms with Gasteiger partial charge < -0.3 is 18.0 Å². The van der Waals surface area contributed by atoms with Gasteiger partial charge in [0, 0.05) is 18.2 Å². The number of aromatic nitrogens is 1. The second kappa shape index (κ2) is 9.64. The van der Waals surface area contributed by atoms with Gasteiger partial charge in [0.25, 0.3) is 0 Å². The van der Waals surface area contributed by atoms with Crippen molar-refractivity contribution in [3.05, 3.63) is 53.2 Å². The molecule has 0 radical (unpaired) electrons. The topological polar surface area (TPSA) is 129 Å². The normalized spacial score (nSPS) is 14.7. The quantitative estimate of drug-likeness (QED) is 0.295. The number of benzene rings is 1. The molecular weight excluding hydrogens is 550 g/mol. The molecule has 1 aromatic heterocycles. The van der Waals surface area contributed by atoms with Crippen molar-refractivity contribution in [1.29, 1.82) is 0 Å². The van der Waals surface area contributed by atoms with Crippen molar-refractivity contribution >= 4 is 26.3 Å². The molecule has 0 aliphatic carbocycles. The Balaban J connectivity index is 1.93. The smallest absolute Gasteiger partial charge is 0.445 e. The SMILES string of the molecule is O=C(OCc1ccccc1)N1CCc2c(OS(=O)(=O)C(F)(F)F)cc(OS(=O)(=O)C(F)(F)F)nc2C1. The number of amides is 1. The minimum absolute atomic E-state index is 0.162. The van der Waals surface area contributed by atoms with Crippen molar-refractivity contribution < 1.29 is 61.1 Å². The Morgan fingerprint density at radius 1 is 0.944 bits per heavy atom. The number of fused-ring (bicyclic) bond motifs is 1. The predicted octanol–water partition coefficient (Wildman–Crippen LogP) is 3.23. The van der Waals surface area contributed by atoms with Crippen LogP contribution in [0.25, 0.3) is 0 Å². The summed E-state index contributed by atoms with van der Waals surface area (Å²) < 4.78 is 135. The number of rotatable bonds is 6. The van der Waals surface area contributed by atoms with E-state index >= 15 is 0 Å². The van der Waals surface area contributed by atoms with E-state index in [0.717, 1.165) is 4.90 Å². The Labute approximate surface area is 199 Å². The molecule has 1 amide bonds. The van der Waals surface area contributed by atoms with Gasteiger partial charge in [-0.05, 0) is 12.0 Å². The highest BCUT2D eigenvalue weighted by Crippen LogP contribution is 2.36. The molecule has 198 valence electrons. The molecule has 0 atom stereocenters. The van der Waals surface area contributed by atoms with Crippen molar-refractivity contribution in [1.82, 2.24) is 9.88 Å². The molecule has 0 bridgehead atoms. The lowest BCUT2D eigenvalue weighted by atomic mass is 10.0. The van der Waals surface area contributed by atoms with E-state index in [0.29, 0.717) is 5.56 Å². The predicted molar refractivity (Wildman–Crippen MR) is 106 cm³/mol. The minimum Gasteiger partial charge on any atom is -0.445 e. The van der Waals surface area contributed by atoms with Gasteiger partial charge in [0.15, 0.2) is 5.75 Å². The molecule has 0 spiro atoms. The zero-order valence-electron chi connectivity index (χ0n) is 17.5. The maximum absolute atomic E-state index is 12.8. The van der Waals surface area contributed by atoms with Gasteiger partial charge in [-0.3, -0.25) is 0 Å². The van der Waals surface area contributed by atoms with E-state index in [2.05, 4.69) is 13.4 Å². The Bertz CT molecular complexity index is 1350. The third-order valence-corrected chi connectivity index (χ3v) is 6.47. The van der Waals surface area contributed by atoms with Crippen LogP contribution >= 0.6 is 0 Å². The van der Waals surface area contributed by atoms with Crippen LogP contribution in [-0.2, 0) is 44.5 Å². The third kappa shape index (κ3) is 6.10. The van der Waals surface area contributed by atoms with Crippen molar-refractivity contribution in [3.63, 3.8) is 0 Å². The molecule has 0 fully saturated rings. The maximum Gasteiger partial charge on any atom is 0.534 e. The summed E-state index contributed by atoms with van der Waals surface area (Å²) in [5.74, 6) is -2.60. The molecule has 3 rings (SSSR count). The van der Waals surface area contributed by atoms with E-state index in [1.165, 1.54) is 0 Å². The van der Waals surface area contributed by atoms with Crippen LogP contribution in [0.2, 0.25) is 0 Å². The highest BCUT2D eigenvalue weighted by Gasteiger charge is 2.50. The lowest BCUT2D eigenvalue weighted by Gasteiger charge is -2.28. The zero-order valence-corrected chi connectivity index (χ0v) is 19.2. The van der Waals surface area contributed by atoms with Gasteiger partial charge in [-0.25, -0.2) is 9.78 Å². The number of ether oxygens (including phenoxy) is 1. The third-order valence-electron chi connectivity index (χ3n) is 4.54. The van der Waals surface area contributed by atoms with Crippen molar-refractivity contribution in [3.8, 4) is 11.6 Å². The lowest BCUT2D eigenvalue weighted by molar-refractivity contribution is -0.0503. The Morgan fingerprint density at radius 3 is 2.11 bits per heavy atom. The van der Waals surface area contributed by atoms with Crippen LogP contribution < -0.4 is 8.37 Å². The van der Waals surface area contributed by atoms with Crippen LogP contribution in [0.1, 0.15) is 16.8 Å². The molecule has 18 heteroatoms. The van der Waals surface area contributed by atoms with Crippen LogP contribution in [0.3, 0.4) is 0 Å². The molecule has 1 aliphatic rings. The standard InChI is InChI=1S/C18H14F6N2O8S2/c19-17(20,21)35(28,29)33-14-8-15(34-36(30,31)18(22,23)24)25-13-9-26(7-6-12(13)14)16(27)32-10-11-4-2-1-3-5-11/h1-5,8H,6-7,9-10H2. The fourth-order valence-electron chi connectivity index (χ4n) is 2.89. The summed E-state index contributed by atoms with van der Waals surface area (Å²) in [5.41, 5.74) is -12.0. The Kier molecular flexibility index (Phi) is 7.31. The first-order chi connectivity index (χ1) is 16.5. The fraction of sp³-hybridized carbons (Fsp3) is 0.333. The van der Waals surface area contributed by atoms with E-state index in [9.17, 15) is 48.0 Å². The number of hydrogen-bond acceptors (Lipinski definition) is 9. The van der Waals surface area contributed by atoms with E-state index in [4.69, 9.17) is 4.74 Å². The second-order valence-corrected chi connectivity index (χ2v) is 10.1. The van der Waals surface area contributed by atoms with Gasteiger partial charge in [0.1, 0.15) is 6.61 Å². The molecule has 0 unspecified atom stereocenters. The van der Waals surface area contributed by atoms with Gasteiger partial charge >= 0.3 is 37.3 Å². The molecule has 2 heterocycles. The number of pyridine rings is 1. The Morgan fingerprint density at radius 2 is 1.53 bits per heavy atom. The first kappa shape index (κ1) is 27.3. The number of carbonyl (C=O) groups is 1. The number of alkyl halides is 6. The van der Waals surface area contributed by atoms with Crippen LogP contribution in [-0.4, -0.2) is 50.4 Å². The molecule has 0 saturated heterocycles. The summed E-state index contributed by atoms with van der Waals surface area (Å²) in [7, 11) is -12.6. The van der Waals surface area contributed by atoms with Gasteiger partial charge in [-0.2, -0.15) is 43.2 Å². The summed E-state index contributed by atoms with van der Waals surface area (Å²) in [6, 6.07) is 8.53. The second-order valence-electron chi connectivity index (χ2n) is 7.06. The molecular formula is C18H14F6N2O8S2. The van der Waals surface area contributed by atoms with Crippen LogP contribution in [0, 0.1) is 0 Å². The first-order valence-electron chi connectivity index (χ1n) is 9.50. The minimum atomic E-state index is -6.33. The maximum atomic E-state index is 12.8. The highest BCUT2D eigenvalue weighted by molar-refractivity contribution is 7.88. The van der Waals surface area contributed by atoms with Crippen LogP contribution in [0.15, 0.2) is 36.4 Å². The Hall–Kier alpha value is -3.28. The van der Waals surface area contributed by atoms with E-state index in [-0.39, 0.29) is 31.2 Å². The zero-order chi connectivity index (χ0) is 26.9. The molecule has 1 aliphatic heterocycles. The average Bonchev–Trinajstić information content (AvgIpc) is 2.75. The number of nitrogens with zero attached hydrogens (tertiary/aromatic N) is 2. The molecule has 0 N–H and O–H groups in total. The molecule has 10 nitrogen and oxygen atoms in total. The molecule has 0 saturated carbocycles. The summed E-state index contributed by atoms with van der Waals surface area (Å²) >= 11 is 0. The summed E-state index contributed by atoms with van der Waals surface area (Å²) in [6.07, 6.45) is -1.30. The van der Waals surface area contributed by atoms with Gasteiger partial charge in [-0.1, -0.05) is 30.3 Å². The van der Waals surface area contributed by atoms with Crippen LogP contribution in [0.4, 0.5) is 31.1 Å². The van der Waals surface area contributed by atoms with Gasteiger partial charge in [0.2, 0.25) is 5.88 Å². The fourth-order valence-corrected chi connectivity index (χ4v) is 3.77. The average molecular weight is 564 g/mol. The highest BCUT2D eigenvalue weighted by atomic mass is 32.2. The first-order valence-corrected chi connectivity index (χ1v) is 12.3. The van der Waals surface area contributed by atoms with Gasteiger partial charge in [0.05, 0.1) is 12.2 Å². The van der Waals surface area contributed by atoms with Crippen molar-refractivity contribution in [2.24, 2.45) is 0 Å². The lowest BCUT2D eigenvalue weighted by Crippen LogP contribution is -2.37.